The summed E-state index contributed by atoms with van der Waals surface area (Å²) < 4.78 is 16.6. The van der Waals surface area contributed by atoms with Crippen LogP contribution in [0.3, 0.4) is 0 Å². The number of nitrogens with one attached hydrogen (secondary N) is 2. The van der Waals surface area contributed by atoms with Gasteiger partial charge in [0.1, 0.15) is 19.0 Å². The smallest absolute Gasteiger partial charge is 0.257 e. The molecule has 2 aliphatic rings. The van der Waals surface area contributed by atoms with E-state index in [0.29, 0.717) is 44.8 Å². The standard InChI is InChI=1S/C21H22N2O5/c24-20-6-2-15-12-16(3-4-17(15)23-20)28-13-21(25)22-8-7-14-1-5-18-19(11-14)27-10-9-26-18/h1,3-5,11-12H,2,6-10,13H2,(H,22,25)(H,23,24). The van der Waals surface area contributed by atoms with Crippen molar-refractivity contribution < 1.29 is 23.8 Å². The number of rotatable bonds is 6. The van der Waals surface area contributed by atoms with Gasteiger partial charge in [-0.3, -0.25) is 9.59 Å². The fourth-order valence-electron chi connectivity index (χ4n) is 3.24. The SMILES string of the molecule is O=C(COc1ccc2c(c1)CCC(=O)N2)NCCc1ccc2c(c1)OCCO2. The Hall–Kier alpha value is -3.22. The number of aryl methyl sites for hydroxylation is 1. The molecule has 2 aliphatic heterocycles. The van der Waals surface area contributed by atoms with Gasteiger partial charge < -0.3 is 24.8 Å². The summed E-state index contributed by atoms with van der Waals surface area (Å²) in [6.45, 7) is 1.59. The lowest BCUT2D eigenvalue weighted by Crippen LogP contribution is -2.30. The summed E-state index contributed by atoms with van der Waals surface area (Å²) in [7, 11) is 0. The lowest BCUT2D eigenvalue weighted by atomic mass is 10.0. The van der Waals surface area contributed by atoms with Gasteiger partial charge in [0.05, 0.1) is 0 Å². The van der Waals surface area contributed by atoms with Gasteiger partial charge in [-0.2, -0.15) is 0 Å². The summed E-state index contributed by atoms with van der Waals surface area (Å²) in [6, 6.07) is 11.3. The maximum Gasteiger partial charge on any atom is 0.257 e. The highest BCUT2D eigenvalue weighted by molar-refractivity contribution is 5.94. The third-order valence-electron chi connectivity index (χ3n) is 4.68. The van der Waals surface area contributed by atoms with Crippen LogP contribution in [-0.4, -0.2) is 38.2 Å². The molecular weight excluding hydrogens is 360 g/mol. The Morgan fingerprint density at radius 3 is 2.82 bits per heavy atom. The first kappa shape index (κ1) is 18.2. The number of ether oxygens (including phenoxy) is 3. The number of carbonyl (C=O) groups is 2. The molecule has 0 aromatic heterocycles. The van der Waals surface area contributed by atoms with Crippen molar-refractivity contribution >= 4 is 17.5 Å². The third kappa shape index (κ3) is 4.36. The molecule has 7 nitrogen and oxygen atoms in total. The van der Waals surface area contributed by atoms with E-state index in [4.69, 9.17) is 14.2 Å². The molecule has 0 bridgehead atoms. The van der Waals surface area contributed by atoms with Crippen molar-refractivity contribution in [2.75, 3.05) is 31.7 Å². The van der Waals surface area contributed by atoms with Crippen LogP contribution in [0, 0.1) is 0 Å². The molecule has 0 spiro atoms. The number of fused-ring (bicyclic) bond motifs is 2. The maximum atomic E-state index is 12.0. The fraction of sp³-hybridized carbons (Fsp3) is 0.333. The molecule has 28 heavy (non-hydrogen) atoms. The zero-order valence-electron chi connectivity index (χ0n) is 15.5. The third-order valence-corrected chi connectivity index (χ3v) is 4.68. The molecule has 0 atom stereocenters. The lowest BCUT2D eigenvalue weighted by Gasteiger charge is -2.19. The Labute approximate surface area is 163 Å². The van der Waals surface area contributed by atoms with Crippen LogP contribution >= 0.6 is 0 Å². The molecule has 146 valence electrons. The molecule has 2 heterocycles. The average molecular weight is 382 g/mol. The van der Waals surface area contributed by atoms with E-state index in [-0.39, 0.29) is 18.4 Å². The van der Waals surface area contributed by atoms with Crippen LogP contribution in [0.2, 0.25) is 0 Å². The van der Waals surface area contributed by atoms with E-state index in [2.05, 4.69) is 10.6 Å². The normalized spacial score (nSPS) is 14.6. The first-order valence-electron chi connectivity index (χ1n) is 9.38. The highest BCUT2D eigenvalue weighted by Crippen LogP contribution is 2.30. The van der Waals surface area contributed by atoms with E-state index in [1.165, 1.54) is 0 Å². The van der Waals surface area contributed by atoms with Crippen molar-refractivity contribution in [2.45, 2.75) is 19.3 Å². The van der Waals surface area contributed by atoms with Crippen molar-refractivity contribution in [3.8, 4) is 17.2 Å². The zero-order chi connectivity index (χ0) is 19.3. The highest BCUT2D eigenvalue weighted by Gasteiger charge is 2.15. The van der Waals surface area contributed by atoms with Gasteiger partial charge >= 0.3 is 0 Å². The van der Waals surface area contributed by atoms with Gasteiger partial charge in [0.15, 0.2) is 18.1 Å². The molecule has 2 N–H and O–H groups in total. The van der Waals surface area contributed by atoms with Gasteiger partial charge in [-0.15, -0.1) is 0 Å². The maximum absolute atomic E-state index is 12.0. The summed E-state index contributed by atoms with van der Waals surface area (Å²) >= 11 is 0. The van der Waals surface area contributed by atoms with Crippen molar-refractivity contribution in [3.63, 3.8) is 0 Å². The summed E-state index contributed by atoms with van der Waals surface area (Å²) in [4.78, 5) is 23.4. The molecule has 7 heteroatoms. The van der Waals surface area contributed by atoms with Crippen LogP contribution in [0.1, 0.15) is 17.5 Å². The number of hydrogen-bond donors (Lipinski definition) is 2. The van der Waals surface area contributed by atoms with E-state index in [1.807, 2.05) is 30.3 Å². The second-order valence-electron chi connectivity index (χ2n) is 6.73. The van der Waals surface area contributed by atoms with Crippen LogP contribution in [0.15, 0.2) is 36.4 Å². The molecule has 0 fully saturated rings. The molecular formula is C21H22N2O5. The molecule has 2 aromatic carbocycles. The van der Waals surface area contributed by atoms with Crippen LogP contribution < -0.4 is 24.8 Å². The van der Waals surface area contributed by atoms with Gasteiger partial charge in [0.2, 0.25) is 5.91 Å². The minimum absolute atomic E-state index is 0.0264. The van der Waals surface area contributed by atoms with Crippen LogP contribution in [0.5, 0.6) is 17.2 Å². The molecule has 4 rings (SSSR count). The number of anilines is 1. The van der Waals surface area contributed by atoms with Crippen molar-refractivity contribution in [1.29, 1.82) is 0 Å². The first-order valence-corrected chi connectivity index (χ1v) is 9.38. The number of hydrogen-bond acceptors (Lipinski definition) is 5. The Morgan fingerprint density at radius 2 is 1.93 bits per heavy atom. The van der Waals surface area contributed by atoms with Gasteiger partial charge in [-0.1, -0.05) is 6.07 Å². The molecule has 0 unspecified atom stereocenters. The van der Waals surface area contributed by atoms with Crippen LogP contribution in [0.4, 0.5) is 5.69 Å². The minimum atomic E-state index is -0.177. The fourth-order valence-corrected chi connectivity index (χ4v) is 3.24. The highest BCUT2D eigenvalue weighted by atomic mass is 16.6. The van der Waals surface area contributed by atoms with Crippen LogP contribution in [0.25, 0.3) is 0 Å². The quantitative estimate of drug-likeness (QED) is 0.799. The zero-order valence-corrected chi connectivity index (χ0v) is 15.5. The monoisotopic (exact) mass is 382 g/mol. The van der Waals surface area contributed by atoms with Gasteiger partial charge in [-0.25, -0.2) is 0 Å². The second-order valence-corrected chi connectivity index (χ2v) is 6.73. The Balaban J connectivity index is 1.22. The van der Waals surface area contributed by atoms with Crippen molar-refractivity contribution in [3.05, 3.63) is 47.5 Å². The number of carbonyl (C=O) groups excluding carboxylic acids is 2. The summed E-state index contributed by atoms with van der Waals surface area (Å²) in [5.41, 5.74) is 2.91. The van der Waals surface area contributed by atoms with E-state index >= 15 is 0 Å². The lowest BCUT2D eigenvalue weighted by molar-refractivity contribution is -0.123. The minimum Gasteiger partial charge on any atom is -0.486 e. The Kier molecular flexibility index (Phi) is 5.32. The van der Waals surface area contributed by atoms with Crippen molar-refractivity contribution in [1.82, 2.24) is 5.32 Å². The predicted molar refractivity (Wildman–Crippen MR) is 103 cm³/mol. The van der Waals surface area contributed by atoms with E-state index < -0.39 is 0 Å². The van der Waals surface area contributed by atoms with Crippen LogP contribution in [-0.2, 0) is 22.4 Å². The average Bonchev–Trinajstić information content (AvgIpc) is 2.72. The second kappa shape index (κ2) is 8.21. The van der Waals surface area contributed by atoms with E-state index in [1.54, 1.807) is 6.07 Å². The summed E-state index contributed by atoms with van der Waals surface area (Å²) in [6.07, 6.45) is 1.85. The largest absolute Gasteiger partial charge is 0.486 e. The predicted octanol–water partition coefficient (Wildman–Crippen LogP) is 2.08. The summed E-state index contributed by atoms with van der Waals surface area (Å²) in [5.74, 6) is 1.98. The first-order chi connectivity index (χ1) is 13.7. The molecule has 0 saturated heterocycles. The topological polar surface area (TPSA) is 85.9 Å². The molecule has 2 aromatic rings. The van der Waals surface area contributed by atoms with E-state index in [9.17, 15) is 9.59 Å². The molecule has 2 amide bonds. The molecule has 0 saturated carbocycles. The Bertz CT molecular complexity index is 896. The van der Waals surface area contributed by atoms with Gasteiger partial charge in [0, 0.05) is 18.7 Å². The number of benzene rings is 2. The van der Waals surface area contributed by atoms with Crippen molar-refractivity contribution in [2.24, 2.45) is 0 Å². The molecule has 0 aliphatic carbocycles. The Morgan fingerprint density at radius 1 is 1.07 bits per heavy atom. The van der Waals surface area contributed by atoms with Gasteiger partial charge in [0.25, 0.3) is 5.91 Å². The molecule has 0 radical (unpaired) electrons. The van der Waals surface area contributed by atoms with Gasteiger partial charge in [-0.05, 0) is 54.3 Å². The summed E-state index contributed by atoms with van der Waals surface area (Å²) in [5, 5.41) is 5.68. The number of amides is 2. The van der Waals surface area contributed by atoms with E-state index in [0.717, 1.165) is 28.3 Å².